The van der Waals surface area contributed by atoms with Crippen molar-refractivity contribution < 1.29 is 9.32 Å². The van der Waals surface area contributed by atoms with Crippen molar-refractivity contribution in [3.63, 3.8) is 0 Å². The van der Waals surface area contributed by atoms with Gasteiger partial charge in [-0.15, -0.1) is 0 Å². The Bertz CT molecular complexity index is 1470. The second kappa shape index (κ2) is 7.90. The molecule has 3 aromatic heterocycles. The van der Waals surface area contributed by atoms with Crippen LogP contribution in [0.5, 0.6) is 0 Å². The SMILES string of the molecule is NC(=O)c1noc(Cc2cc(-c3cccc4[nH]ccc34)cc3[nH]ncc23)c1CN1CCCC1. The molecule has 8 heteroatoms. The number of H-pyrrole nitrogens is 2. The summed E-state index contributed by atoms with van der Waals surface area (Å²) in [6.07, 6.45) is 6.60. The predicted molar refractivity (Wildman–Crippen MR) is 126 cm³/mol. The van der Waals surface area contributed by atoms with Crippen LogP contribution in [0.15, 0.2) is 53.3 Å². The van der Waals surface area contributed by atoms with Crippen LogP contribution in [0, 0.1) is 0 Å². The Hall–Kier alpha value is -3.91. The molecule has 166 valence electrons. The van der Waals surface area contributed by atoms with Crippen LogP contribution in [0.4, 0.5) is 0 Å². The molecule has 8 nitrogen and oxygen atoms in total. The van der Waals surface area contributed by atoms with E-state index in [-0.39, 0.29) is 5.69 Å². The minimum atomic E-state index is -0.555. The molecule has 1 amide bonds. The monoisotopic (exact) mass is 440 g/mol. The Morgan fingerprint density at radius 2 is 2.00 bits per heavy atom. The number of carbonyl (C=O) groups is 1. The average molecular weight is 441 g/mol. The van der Waals surface area contributed by atoms with Gasteiger partial charge in [0.1, 0.15) is 5.76 Å². The van der Waals surface area contributed by atoms with E-state index in [0.29, 0.717) is 18.7 Å². The van der Waals surface area contributed by atoms with Gasteiger partial charge in [-0.25, -0.2) is 0 Å². The van der Waals surface area contributed by atoms with Crippen LogP contribution < -0.4 is 5.73 Å². The third-order valence-electron chi connectivity index (χ3n) is 6.58. The number of primary amides is 1. The second-order valence-corrected chi connectivity index (χ2v) is 8.67. The van der Waals surface area contributed by atoms with E-state index in [0.717, 1.165) is 70.0 Å². The van der Waals surface area contributed by atoms with Crippen LogP contribution in [0.1, 0.15) is 40.2 Å². The zero-order chi connectivity index (χ0) is 22.4. The molecule has 6 rings (SSSR count). The average Bonchev–Trinajstić information content (AvgIpc) is 3.61. The summed E-state index contributed by atoms with van der Waals surface area (Å²) in [5.41, 5.74) is 12.0. The van der Waals surface area contributed by atoms with Crippen molar-refractivity contribution >= 4 is 27.7 Å². The number of amides is 1. The molecule has 4 heterocycles. The van der Waals surface area contributed by atoms with Crippen molar-refractivity contribution in [2.45, 2.75) is 25.8 Å². The van der Waals surface area contributed by atoms with Crippen LogP contribution in [0.3, 0.4) is 0 Å². The molecule has 4 N–H and O–H groups in total. The molecule has 1 aliphatic heterocycles. The van der Waals surface area contributed by atoms with Crippen molar-refractivity contribution in [3.05, 3.63) is 71.4 Å². The van der Waals surface area contributed by atoms with Gasteiger partial charge in [-0.3, -0.25) is 14.8 Å². The molecular weight excluding hydrogens is 416 g/mol. The molecule has 0 spiro atoms. The molecule has 0 radical (unpaired) electrons. The van der Waals surface area contributed by atoms with E-state index in [1.165, 1.54) is 0 Å². The van der Waals surface area contributed by atoms with E-state index in [2.05, 4.69) is 61.6 Å². The minimum absolute atomic E-state index is 0.230. The first-order valence-corrected chi connectivity index (χ1v) is 11.2. The van der Waals surface area contributed by atoms with Crippen LogP contribution >= 0.6 is 0 Å². The van der Waals surface area contributed by atoms with Gasteiger partial charge in [0.25, 0.3) is 5.91 Å². The normalized spacial score (nSPS) is 14.5. The summed E-state index contributed by atoms with van der Waals surface area (Å²) in [5, 5.41) is 13.6. The van der Waals surface area contributed by atoms with Gasteiger partial charge < -0.3 is 15.2 Å². The number of aromatic nitrogens is 4. The maximum absolute atomic E-state index is 12.0. The third-order valence-corrected chi connectivity index (χ3v) is 6.58. The van der Waals surface area contributed by atoms with Crippen LogP contribution in [0.25, 0.3) is 32.9 Å². The largest absolute Gasteiger partial charge is 0.364 e. The standard InChI is InChI=1S/C25H24N6O2/c26-25(32)24-20(14-31-8-1-2-9-31)23(33-30-24)12-16-10-15(11-22-19(16)13-28-29-22)17-4-3-5-21-18(17)6-7-27-21/h3-7,10-11,13,27H,1-2,8-9,12,14H2,(H2,26,32)(H,28,29). The fraction of sp³-hybridized carbons (Fsp3) is 0.240. The third kappa shape index (κ3) is 3.48. The molecule has 5 aromatic rings. The first kappa shape index (κ1) is 19.8. The van der Waals surface area contributed by atoms with Gasteiger partial charge in [-0.2, -0.15) is 5.10 Å². The number of fused-ring (bicyclic) bond motifs is 2. The lowest BCUT2D eigenvalue weighted by Gasteiger charge is -2.15. The number of benzene rings is 2. The molecule has 0 saturated carbocycles. The summed E-state index contributed by atoms with van der Waals surface area (Å²) >= 11 is 0. The number of nitrogens with two attached hydrogens (primary N) is 1. The molecule has 1 saturated heterocycles. The fourth-order valence-electron chi connectivity index (χ4n) is 4.94. The number of nitrogens with one attached hydrogen (secondary N) is 2. The Balaban J connectivity index is 1.44. The van der Waals surface area contributed by atoms with Gasteiger partial charge in [-0.1, -0.05) is 17.3 Å². The Morgan fingerprint density at radius 1 is 1.12 bits per heavy atom. The fourth-order valence-corrected chi connectivity index (χ4v) is 4.94. The Labute approximate surface area is 189 Å². The molecular formula is C25H24N6O2. The Kier molecular flexibility index (Phi) is 4.73. The van der Waals surface area contributed by atoms with E-state index in [4.69, 9.17) is 10.3 Å². The smallest absolute Gasteiger partial charge is 0.271 e. The molecule has 1 aliphatic rings. The minimum Gasteiger partial charge on any atom is -0.364 e. The summed E-state index contributed by atoms with van der Waals surface area (Å²) < 4.78 is 5.69. The molecule has 1 fully saturated rings. The highest BCUT2D eigenvalue weighted by molar-refractivity contribution is 5.98. The topological polar surface area (TPSA) is 117 Å². The number of carbonyl (C=O) groups excluding carboxylic acids is 1. The van der Waals surface area contributed by atoms with Gasteiger partial charge in [0.2, 0.25) is 0 Å². The summed E-state index contributed by atoms with van der Waals surface area (Å²) in [6, 6.07) is 12.6. The maximum Gasteiger partial charge on any atom is 0.271 e. The number of hydrogen-bond acceptors (Lipinski definition) is 5. The molecule has 0 aliphatic carbocycles. The van der Waals surface area contributed by atoms with Crippen molar-refractivity contribution in [2.75, 3.05) is 13.1 Å². The highest BCUT2D eigenvalue weighted by Gasteiger charge is 2.24. The molecule has 2 aromatic carbocycles. The van der Waals surface area contributed by atoms with Crippen LogP contribution in [0.2, 0.25) is 0 Å². The highest BCUT2D eigenvalue weighted by Crippen LogP contribution is 2.33. The van der Waals surface area contributed by atoms with Gasteiger partial charge >= 0.3 is 0 Å². The first-order valence-electron chi connectivity index (χ1n) is 11.2. The first-order chi connectivity index (χ1) is 16.2. The van der Waals surface area contributed by atoms with Gasteiger partial charge in [0.05, 0.1) is 11.7 Å². The van der Waals surface area contributed by atoms with Crippen molar-refractivity contribution in [1.82, 2.24) is 25.2 Å². The van der Waals surface area contributed by atoms with Crippen LogP contribution in [-0.2, 0) is 13.0 Å². The van der Waals surface area contributed by atoms with E-state index in [9.17, 15) is 4.79 Å². The predicted octanol–water partition coefficient (Wildman–Crippen LogP) is 3.98. The molecule has 33 heavy (non-hydrogen) atoms. The molecule has 0 bridgehead atoms. The van der Waals surface area contributed by atoms with Crippen LogP contribution in [-0.4, -0.2) is 44.2 Å². The summed E-state index contributed by atoms with van der Waals surface area (Å²) in [4.78, 5) is 17.6. The van der Waals surface area contributed by atoms with Gasteiger partial charge in [0.15, 0.2) is 5.69 Å². The van der Waals surface area contributed by atoms with Gasteiger partial charge in [-0.05, 0) is 66.9 Å². The lowest BCUT2D eigenvalue weighted by atomic mass is 9.95. The number of nitrogens with zero attached hydrogens (tertiary/aromatic N) is 3. The Morgan fingerprint density at radius 3 is 2.85 bits per heavy atom. The van der Waals surface area contributed by atoms with Crippen molar-refractivity contribution in [2.24, 2.45) is 5.73 Å². The number of likely N-dealkylation sites (tertiary alicyclic amines) is 1. The summed E-state index contributed by atoms with van der Waals surface area (Å²) in [5.74, 6) is 0.121. The van der Waals surface area contributed by atoms with E-state index >= 15 is 0 Å². The summed E-state index contributed by atoms with van der Waals surface area (Å²) in [6.45, 7) is 2.63. The zero-order valence-corrected chi connectivity index (χ0v) is 18.1. The lowest BCUT2D eigenvalue weighted by molar-refractivity contribution is 0.0990. The second-order valence-electron chi connectivity index (χ2n) is 8.67. The quantitative estimate of drug-likeness (QED) is 0.369. The zero-order valence-electron chi connectivity index (χ0n) is 18.1. The van der Waals surface area contributed by atoms with E-state index in [1.54, 1.807) is 0 Å². The number of hydrogen-bond donors (Lipinski definition) is 3. The lowest BCUT2D eigenvalue weighted by Crippen LogP contribution is -2.22. The number of aromatic amines is 2. The van der Waals surface area contributed by atoms with E-state index in [1.807, 2.05) is 12.4 Å². The highest BCUT2D eigenvalue weighted by atomic mass is 16.5. The molecule has 0 unspecified atom stereocenters. The molecule has 0 atom stereocenters. The van der Waals surface area contributed by atoms with Gasteiger partial charge in [0, 0.05) is 41.0 Å². The van der Waals surface area contributed by atoms with Crippen molar-refractivity contribution in [1.29, 1.82) is 0 Å². The summed E-state index contributed by atoms with van der Waals surface area (Å²) in [7, 11) is 0. The van der Waals surface area contributed by atoms with Crippen molar-refractivity contribution in [3.8, 4) is 11.1 Å². The number of rotatable bonds is 6. The maximum atomic E-state index is 12.0. The van der Waals surface area contributed by atoms with E-state index < -0.39 is 5.91 Å².